The molecular formula is C30H28N2O8. The number of carbonyl (C=O) groups excluding carboxylic acids is 4. The maximum Gasteiger partial charge on any atom is 0.338 e. The van der Waals surface area contributed by atoms with Crippen LogP contribution in [0.3, 0.4) is 0 Å². The molecule has 206 valence electrons. The molecule has 2 heterocycles. The van der Waals surface area contributed by atoms with Crippen molar-refractivity contribution in [2.24, 2.45) is 14.1 Å². The number of methoxy groups -OCH3 is 4. The van der Waals surface area contributed by atoms with E-state index in [1.165, 1.54) is 28.4 Å². The Balaban J connectivity index is 2.28. The van der Waals surface area contributed by atoms with E-state index in [1.54, 1.807) is 14.1 Å². The molecule has 10 heteroatoms. The lowest BCUT2D eigenvalue weighted by molar-refractivity contribution is -0.136. The van der Waals surface area contributed by atoms with E-state index in [2.05, 4.69) is 0 Å². The lowest BCUT2D eigenvalue weighted by Gasteiger charge is -2.15. The first-order chi connectivity index (χ1) is 19.2. The van der Waals surface area contributed by atoms with Crippen molar-refractivity contribution in [3.63, 3.8) is 0 Å². The zero-order valence-corrected chi connectivity index (χ0v) is 22.9. The highest BCUT2D eigenvalue weighted by Gasteiger charge is 2.32. The van der Waals surface area contributed by atoms with Crippen LogP contribution in [-0.2, 0) is 52.2 Å². The van der Waals surface area contributed by atoms with Gasteiger partial charge in [-0.1, -0.05) is 36.4 Å². The van der Waals surface area contributed by atoms with E-state index >= 15 is 0 Å². The van der Waals surface area contributed by atoms with Gasteiger partial charge in [0.2, 0.25) is 0 Å². The van der Waals surface area contributed by atoms with Gasteiger partial charge in [0.1, 0.15) is 0 Å². The van der Waals surface area contributed by atoms with Crippen molar-refractivity contribution >= 4 is 56.8 Å². The van der Waals surface area contributed by atoms with Crippen LogP contribution in [0.2, 0.25) is 0 Å². The fourth-order valence-electron chi connectivity index (χ4n) is 4.93. The number of rotatable bonds is 7. The van der Waals surface area contributed by atoms with Crippen LogP contribution in [0.1, 0.15) is 11.1 Å². The van der Waals surface area contributed by atoms with Crippen LogP contribution in [0.15, 0.2) is 60.7 Å². The number of ether oxygens (including phenoxy) is 4. The van der Waals surface area contributed by atoms with E-state index in [0.717, 1.165) is 23.2 Å². The molecule has 0 saturated carbocycles. The van der Waals surface area contributed by atoms with Crippen LogP contribution in [0.25, 0.3) is 44.3 Å². The van der Waals surface area contributed by atoms with E-state index in [-0.39, 0.29) is 11.1 Å². The molecule has 4 aromatic rings. The first-order valence-corrected chi connectivity index (χ1v) is 12.1. The highest BCUT2D eigenvalue weighted by molar-refractivity contribution is 6.28. The number of nitrogens with zero attached hydrogens (tertiary/aromatic N) is 2. The minimum absolute atomic E-state index is 0.0473. The summed E-state index contributed by atoms with van der Waals surface area (Å²) in [7, 11) is 8.46. The quantitative estimate of drug-likeness (QED) is 0.196. The average Bonchev–Trinajstić information content (AvgIpc) is 3.43. The predicted octanol–water partition coefficient (Wildman–Crippen LogP) is 3.80. The number of hydrogen-bond acceptors (Lipinski definition) is 8. The van der Waals surface area contributed by atoms with Crippen molar-refractivity contribution < 1.29 is 38.1 Å². The molecule has 0 radical (unpaired) electrons. The molecule has 0 spiro atoms. The number of fused-ring (bicyclic) bond motifs is 2. The normalized spacial score (nSPS) is 11.9. The molecule has 0 amide bonds. The maximum atomic E-state index is 13.2. The van der Waals surface area contributed by atoms with Gasteiger partial charge in [0.05, 0.1) is 51.0 Å². The number of para-hydroxylation sites is 2. The van der Waals surface area contributed by atoms with Crippen LogP contribution in [0, 0.1) is 0 Å². The number of aryl methyl sites for hydroxylation is 2. The molecule has 0 saturated heterocycles. The minimum Gasteiger partial charge on any atom is -0.466 e. The summed E-state index contributed by atoms with van der Waals surface area (Å²) in [6.45, 7) is 0. The molecule has 10 nitrogen and oxygen atoms in total. The van der Waals surface area contributed by atoms with Crippen molar-refractivity contribution in [3.05, 3.63) is 71.8 Å². The summed E-state index contributed by atoms with van der Waals surface area (Å²) in [5, 5.41) is 1.29. The summed E-state index contributed by atoms with van der Waals surface area (Å²) in [6.07, 6.45) is 2.15. The Morgan fingerprint density at radius 1 is 0.575 bits per heavy atom. The van der Waals surface area contributed by atoms with Crippen LogP contribution < -0.4 is 0 Å². The van der Waals surface area contributed by atoms with E-state index in [1.807, 2.05) is 57.7 Å². The third-order valence-electron chi connectivity index (χ3n) is 6.71. The fraction of sp³-hybridized carbons (Fsp3) is 0.200. The topological polar surface area (TPSA) is 115 Å². The van der Waals surface area contributed by atoms with Gasteiger partial charge in [-0.25, -0.2) is 19.2 Å². The summed E-state index contributed by atoms with van der Waals surface area (Å²) in [4.78, 5) is 51.2. The minimum atomic E-state index is -0.762. The Morgan fingerprint density at radius 2 is 0.925 bits per heavy atom. The fourth-order valence-corrected chi connectivity index (χ4v) is 4.93. The average molecular weight is 545 g/mol. The molecule has 2 aromatic heterocycles. The van der Waals surface area contributed by atoms with E-state index in [4.69, 9.17) is 18.9 Å². The van der Waals surface area contributed by atoms with Crippen molar-refractivity contribution in [1.29, 1.82) is 0 Å². The van der Waals surface area contributed by atoms with Gasteiger partial charge in [0.25, 0.3) is 0 Å². The Hall–Kier alpha value is -5.12. The van der Waals surface area contributed by atoms with Crippen molar-refractivity contribution in [1.82, 2.24) is 9.13 Å². The Kier molecular flexibility index (Phi) is 7.90. The number of benzene rings is 2. The van der Waals surface area contributed by atoms with Gasteiger partial charge in [-0.05, 0) is 12.1 Å². The van der Waals surface area contributed by atoms with Crippen LogP contribution in [0.4, 0.5) is 0 Å². The Bertz CT molecular complexity index is 1610. The standard InChI is InChI=1S/C30H28N2O8/c1-31-21-13-9-7-11-17(21)25(19(29(35)39-5)15-23(33)37-3)27(31)28-26(18-12-8-10-14-22(18)32(28)2)20(30(36)40-6)16-24(34)38-4/h7-16H,1-6H3/b19-15+,20-16+. The van der Waals surface area contributed by atoms with Crippen molar-refractivity contribution in [2.45, 2.75) is 0 Å². The number of esters is 4. The van der Waals surface area contributed by atoms with Crippen molar-refractivity contribution in [3.8, 4) is 11.4 Å². The van der Waals surface area contributed by atoms with Gasteiger partial charge < -0.3 is 28.1 Å². The summed E-state index contributed by atoms with van der Waals surface area (Å²) in [5.41, 5.74) is 3.10. The summed E-state index contributed by atoms with van der Waals surface area (Å²) in [6, 6.07) is 14.7. The first-order valence-electron chi connectivity index (χ1n) is 12.1. The molecule has 0 aliphatic heterocycles. The first kappa shape index (κ1) is 27.9. The smallest absolute Gasteiger partial charge is 0.338 e. The number of carbonyl (C=O) groups is 4. The summed E-state index contributed by atoms with van der Waals surface area (Å²) >= 11 is 0. The second kappa shape index (κ2) is 11.3. The zero-order valence-electron chi connectivity index (χ0n) is 22.9. The predicted molar refractivity (Wildman–Crippen MR) is 149 cm³/mol. The molecule has 0 fully saturated rings. The molecule has 0 bridgehead atoms. The second-order valence-corrected chi connectivity index (χ2v) is 8.75. The lowest BCUT2D eigenvalue weighted by Crippen LogP contribution is -2.11. The third kappa shape index (κ3) is 4.64. The van der Waals surface area contributed by atoms with Crippen molar-refractivity contribution in [2.75, 3.05) is 28.4 Å². The molecule has 2 aromatic carbocycles. The molecular weight excluding hydrogens is 516 g/mol. The van der Waals surface area contributed by atoms with Gasteiger partial charge in [0, 0.05) is 59.2 Å². The van der Waals surface area contributed by atoms with Gasteiger partial charge in [-0.3, -0.25) is 0 Å². The molecule has 0 aliphatic rings. The van der Waals surface area contributed by atoms with Gasteiger partial charge in [0.15, 0.2) is 0 Å². The molecule has 0 aliphatic carbocycles. The monoisotopic (exact) mass is 544 g/mol. The molecule has 0 atom stereocenters. The molecule has 0 N–H and O–H groups in total. The summed E-state index contributed by atoms with van der Waals surface area (Å²) in [5.74, 6) is -3.03. The summed E-state index contributed by atoms with van der Waals surface area (Å²) < 4.78 is 23.5. The van der Waals surface area contributed by atoms with Crippen LogP contribution in [-0.4, -0.2) is 61.5 Å². The number of hydrogen-bond donors (Lipinski definition) is 0. The molecule has 4 rings (SSSR count). The Morgan fingerprint density at radius 3 is 1.25 bits per heavy atom. The second-order valence-electron chi connectivity index (χ2n) is 8.75. The van der Waals surface area contributed by atoms with E-state index in [0.29, 0.717) is 33.3 Å². The van der Waals surface area contributed by atoms with Gasteiger partial charge in [-0.15, -0.1) is 0 Å². The van der Waals surface area contributed by atoms with E-state index in [9.17, 15) is 19.2 Å². The number of aromatic nitrogens is 2. The Labute approximate surface area is 230 Å². The molecule has 40 heavy (non-hydrogen) atoms. The van der Waals surface area contributed by atoms with Gasteiger partial charge >= 0.3 is 23.9 Å². The zero-order chi connectivity index (χ0) is 29.1. The highest BCUT2D eigenvalue weighted by Crippen LogP contribution is 2.44. The largest absolute Gasteiger partial charge is 0.466 e. The SMILES string of the molecule is COC(=O)/C=C(/C(=O)OC)c1c(-c2c(/C(=C\C(=O)OC)C(=O)OC)c3ccccc3n2C)n(C)c2ccccc12. The van der Waals surface area contributed by atoms with E-state index < -0.39 is 23.9 Å². The lowest BCUT2D eigenvalue weighted by atomic mass is 9.95. The van der Waals surface area contributed by atoms with Gasteiger partial charge in [-0.2, -0.15) is 0 Å². The maximum absolute atomic E-state index is 13.2. The molecule has 0 unspecified atom stereocenters. The highest BCUT2D eigenvalue weighted by atomic mass is 16.5. The van der Waals surface area contributed by atoms with Crippen LogP contribution in [0.5, 0.6) is 0 Å². The third-order valence-corrected chi connectivity index (χ3v) is 6.71. The van der Waals surface area contributed by atoms with Crippen LogP contribution >= 0.6 is 0 Å².